The van der Waals surface area contributed by atoms with Crippen LogP contribution in [0.2, 0.25) is 0 Å². The second-order valence-corrected chi connectivity index (χ2v) is 3.84. The number of carbonyl (C=O) groups excluding carboxylic acids is 2. The van der Waals surface area contributed by atoms with Gasteiger partial charge < -0.3 is 10.5 Å². The molecular weight excluding hydrogens is 220 g/mol. The molecule has 0 fully saturated rings. The van der Waals surface area contributed by atoms with Crippen molar-refractivity contribution < 1.29 is 14.3 Å². The van der Waals surface area contributed by atoms with Crippen LogP contribution in [-0.4, -0.2) is 23.8 Å². The third kappa shape index (κ3) is 2.14. The Labute approximate surface area is 99.2 Å². The van der Waals surface area contributed by atoms with Gasteiger partial charge in [-0.05, 0) is 5.56 Å². The summed E-state index contributed by atoms with van der Waals surface area (Å²) < 4.78 is 4.99. The van der Waals surface area contributed by atoms with E-state index in [-0.39, 0.29) is 12.3 Å². The van der Waals surface area contributed by atoms with Crippen molar-refractivity contribution in [2.45, 2.75) is 19.2 Å². The molecule has 90 valence electrons. The van der Waals surface area contributed by atoms with Gasteiger partial charge in [0.25, 0.3) is 6.47 Å². The van der Waals surface area contributed by atoms with Crippen molar-refractivity contribution in [3.63, 3.8) is 0 Å². The molecule has 0 spiro atoms. The fourth-order valence-electron chi connectivity index (χ4n) is 2.04. The Kier molecular flexibility index (Phi) is 3.39. The molecule has 0 bridgehead atoms. The van der Waals surface area contributed by atoms with Gasteiger partial charge in [-0.25, -0.2) is 0 Å². The van der Waals surface area contributed by atoms with Gasteiger partial charge in [-0.3, -0.25) is 14.5 Å². The van der Waals surface area contributed by atoms with E-state index in [9.17, 15) is 9.59 Å². The summed E-state index contributed by atoms with van der Waals surface area (Å²) in [5.74, 6) is -0.101. The number of hydrogen-bond donors (Lipinski definition) is 1. The highest BCUT2D eigenvalue weighted by molar-refractivity contribution is 5.77. The first-order valence-electron chi connectivity index (χ1n) is 5.44. The van der Waals surface area contributed by atoms with Crippen molar-refractivity contribution in [2.75, 3.05) is 6.54 Å². The minimum absolute atomic E-state index is 0.101. The number of ether oxygens (including phenoxy) is 1. The van der Waals surface area contributed by atoms with Gasteiger partial charge >= 0.3 is 0 Å². The van der Waals surface area contributed by atoms with Crippen molar-refractivity contribution in [3.8, 4) is 0 Å². The highest BCUT2D eigenvalue weighted by Crippen LogP contribution is 2.34. The van der Waals surface area contributed by atoms with Crippen molar-refractivity contribution in [1.82, 2.24) is 4.90 Å². The fourth-order valence-corrected chi connectivity index (χ4v) is 2.04. The first kappa shape index (κ1) is 11.6. The lowest BCUT2D eigenvalue weighted by atomic mass is 10.1. The Morgan fingerprint density at radius 2 is 2.29 bits per heavy atom. The Bertz CT molecular complexity index is 434. The Morgan fingerprint density at radius 1 is 1.53 bits per heavy atom. The van der Waals surface area contributed by atoms with Gasteiger partial charge in [-0.1, -0.05) is 24.3 Å². The molecule has 0 aromatic heterocycles. The first-order valence-corrected chi connectivity index (χ1v) is 5.44. The monoisotopic (exact) mass is 234 g/mol. The van der Waals surface area contributed by atoms with Crippen LogP contribution >= 0.6 is 0 Å². The number of rotatable bonds is 4. The number of fused-ring (bicyclic) bond motifs is 1. The molecule has 1 amide bonds. The van der Waals surface area contributed by atoms with Gasteiger partial charge in [0, 0.05) is 18.5 Å². The number of nitrogens with two attached hydrogens (primary N) is 1. The lowest BCUT2D eigenvalue weighted by molar-refractivity contribution is -0.154. The average Bonchev–Trinajstić information content (AvgIpc) is 2.70. The molecule has 1 unspecified atom stereocenters. The highest BCUT2D eigenvalue weighted by atomic mass is 16.5. The van der Waals surface area contributed by atoms with Gasteiger partial charge in [-0.2, -0.15) is 0 Å². The SMILES string of the molecule is NCCC(=O)N1Cc2ccccc2C1OC=O. The standard InChI is InChI=1S/C12H14N2O3/c13-6-5-11(16)14-7-9-3-1-2-4-10(9)12(14)17-8-15/h1-4,8,12H,5-7,13H2. The maximum Gasteiger partial charge on any atom is 0.295 e. The average molecular weight is 234 g/mol. The molecule has 5 nitrogen and oxygen atoms in total. The first-order chi connectivity index (χ1) is 8.27. The van der Waals surface area contributed by atoms with E-state index < -0.39 is 6.23 Å². The van der Waals surface area contributed by atoms with Gasteiger partial charge in [0.05, 0.1) is 6.54 Å². The third-order valence-electron chi connectivity index (χ3n) is 2.81. The van der Waals surface area contributed by atoms with Crippen LogP contribution in [0, 0.1) is 0 Å². The molecule has 17 heavy (non-hydrogen) atoms. The maximum absolute atomic E-state index is 11.8. The highest BCUT2D eigenvalue weighted by Gasteiger charge is 2.34. The second-order valence-electron chi connectivity index (χ2n) is 3.84. The summed E-state index contributed by atoms with van der Waals surface area (Å²) >= 11 is 0. The smallest absolute Gasteiger partial charge is 0.295 e. The summed E-state index contributed by atoms with van der Waals surface area (Å²) in [5.41, 5.74) is 7.23. The molecule has 1 atom stereocenters. The molecule has 1 aromatic carbocycles. The number of hydrogen-bond acceptors (Lipinski definition) is 4. The molecule has 2 N–H and O–H groups in total. The van der Waals surface area contributed by atoms with Crippen LogP contribution in [0.3, 0.4) is 0 Å². The van der Waals surface area contributed by atoms with Crippen molar-refractivity contribution >= 4 is 12.4 Å². The third-order valence-corrected chi connectivity index (χ3v) is 2.81. The summed E-state index contributed by atoms with van der Waals surface area (Å²) in [7, 11) is 0. The normalized spacial score (nSPS) is 17.7. The molecule has 0 saturated heterocycles. The minimum Gasteiger partial charge on any atom is -0.439 e. The van der Waals surface area contributed by atoms with E-state index in [4.69, 9.17) is 10.5 Å². The molecular formula is C12H14N2O3. The van der Waals surface area contributed by atoms with E-state index in [1.165, 1.54) is 4.90 Å². The van der Waals surface area contributed by atoms with Crippen LogP contribution in [0.4, 0.5) is 0 Å². The zero-order chi connectivity index (χ0) is 12.3. The molecule has 0 radical (unpaired) electrons. The van der Waals surface area contributed by atoms with Crippen molar-refractivity contribution in [1.29, 1.82) is 0 Å². The molecule has 1 aliphatic heterocycles. The Morgan fingerprint density at radius 3 is 3.00 bits per heavy atom. The number of nitrogens with zero attached hydrogens (tertiary/aromatic N) is 1. The molecule has 1 heterocycles. The van der Waals surface area contributed by atoms with E-state index >= 15 is 0 Å². The van der Waals surface area contributed by atoms with Crippen molar-refractivity contribution in [3.05, 3.63) is 35.4 Å². The maximum atomic E-state index is 11.8. The number of carbonyl (C=O) groups is 2. The second kappa shape index (κ2) is 4.97. The van der Waals surface area contributed by atoms with Crippen molar-refractivity contribution in [2.24, 2.45) is 5.73 Å². The predicted octanol–water partition coefficient (Wildman–Crippen LogP) is 0.549. The van der Waals surface area contributed by atoms with E-state index in [1.807, 2.05) is 24.3 Å². The summed E-state index contributed by atoms with van der Waals surface area (Å²) in [6.07, 6.45) is -0.352. The van der Waals surface area contributed by atoms with Gasteiger partial charge in [0.2, 0.25) is 12.1 Å². The van der Waals surface area contributed by atoms with Crippen LogP contribution in [0.25, 0.3) is 0 Å². The lowest BCUT2D eigenvalue weighted by Crippen LogP contribution is -2.32. The van der Waals surface area contributed by atoms with Crippen LogP contribution in [-0.2, 0) is 20.9 Å². The lowest BCUT2D eigenvalue weighted by Gasteiger charge is -2.23. The van der Waals surface area contributed by atoms with Crippen LogP contribution in [0.1, 0.15) is 23.8 Å². The van der Waals surface area contributed by atoms with Gasteiger partial charge in [-0.15, -0.1) is 0 Å². The molecule has 0 saturated carbocycles. The van der Waals surface area contributed by atoms with Gasteiger partial charge in [0.15, 0.2) is 0 Å². The summed E-state index contributed by atoms with van der Waals surface area (Å²) in [5, 5.41) is 0. The summed E-state index contributed by atoms with van der Waals surface area (Å²) in [6, 6.07) is 7.54. The minimum atomic E-state index is -0.609. The van der Waals surface area contributed by atoms with E-state index in [2.05, 4.69) is 0 Å². The zero-order valence-corrected chi connectivity index (χ0v) is 9.33. The quantitative estimate of drug-likeness (QED) is 0.772. The Hall–Kier alpha value is -1.88. The molecule has 1 aliphatic rings. The van der Waals surface area contributed by atoms with E-state index in [0.717, 1.165) is 11.1 Å². The van der Waals surface area contributed by atoms with E-state index in [0.29, 0.717) is 19.6 Å². The Balaban J connectivity index is 2.26. The van der Waals surface area contributed by atoms with E-state index in [1.54, 1.807) is 0 Å². The number of amides is 1. The predicted molar refractivity (Wildman–Crippen MR) is 60.6 cm³/mol. The largest absolute Gasteiger partial charge is 0.439 e. The number of benzene rings is 1. The van der Waals surface area contributed by atoms with Crippen LogP contribution in [0.15, 0.2) is 24.3 Å². The topological polar surface area (TPSA) is 72.6 Å². The van der Waals surface area contributed by atoms with Crippen LogP contribution in [0.5, 0.6) is 0 Å². The molecule has 0 aliphatic carbocycles. The fraction of sp³-hybridized carbons (Fsp3) is 0.333. The molecule has 5 heteroatoms. The summed E-state index contributed by atoms with van der Waals surface area (Å²) in [4.78, 5) is 23.9. The molecule has 1 aromatic rings. The van der Waals surface area contributed by atoms with Crippen LogP contribution < -0.4 is 5.73 Å². The molecule has 2 rings (SSSR count). The van der Waals surface area contributed by atoms with Gasteiger partial charge in [0.1, 0.15) is 0 Å². The zero-order valence-electron chi connectivity index (χ0n) is 9.33. The summed E-state index contributed by atoms with van der Waals surface area (Å²) in [6.45, 7) is 1.13.